The van der Waals surface area contributed by atoms with Gasteiger partial charge < -0.3 is 4.74 Å². The van der Waals surface area contributed by atoms with Crippen molar-refractivity contribution in [3.8, 4) is 0 Å². The minimum Gasteiger partial charge on any atom is -0.376 e. The maximum Gasteiger partial charge on any atom is 0.266 e. The molecule has 2 aliphatic heterocycles. The Morgan fingerprint density at radius 2 is 2.45 bits per heavy atom. The van der Waals surface area contributed by atoms with E-state index in [1.54, 1.807) is 16.2 Å². The highest BCUT2D eigenvalue weighted by atomic mass is 32.2. The van der Waals surface area contributed by atoms with Crippen LogP contribution < -0.4 is 0 Å². The van der Waals surface area contributed by atoms with Crippen molar-refractivity contribution < 1.29 is 9.53 Å². The van der Waals surface area contributed by atoms with Crippen LogP contribution >= 0.6 is 35.3 Å². The second kappa shape index (κ2) is 5.97. The third-order valence-corrected chi connectivity index (χ3v) is 5.79. The zero-order valence-corrected chi connectivity index (χ0v) is 13.6. The van der Waals surface area contributed by atoms with Gasteiger partial charge in [0.15, 0.2) is 0 Å². The maximum atomic E-state index is 12.4. The molecule has 0 aliphatic carbocycles. The lowest BCUT2D eigenvalue weighted by Gasteiger charge is -2.18. The van der Waals surface area contributed by atoms with Gasteiger partial charge in [0.1, 0.15) is 4.32 Å². The molecule has 106 valence electrons. The standard InChI is InChI=1S/C14H15NO2S3/c1-9-4-6-19-11(9)7-12-13(16)15(14(18)20-12)8-10-3-2-5-17-10/h4,6-7,10H,2-3,5,8H2,1H3/b12-7+/t10-/m1/s1. The molecule has 0 N–H and O–H groups in total. The summed E-state index contributed by atoms with van der Waals surface area (Å²) in [7, 11) is 0. The number of carbonyl (C=O) groups excluding carboxylic acids is 1. The molecule has 1 amide bonds. The molecule has 6 heteroatoms. The number of ether oxygens (including phenoxy) is 1. The summed E-state index contributed by atoms with van der Waals surface area (Å²) in [5, 5.41) is 2.04. The van der Waals surface area contributed by atoms with Gasteiger partial charge in [0.25, 0.3) is 5.91 Å². The van der Waals surface area contributed by atoms with Crippen molar-refractivity contribution >= 4 is 51.6 Å². The number of hydrogen-bond acceptors (Lipinski definition) is 5. The van der Waals surface area contributed by atoms with Gasteiger partial charge in [-0.15, -0.1) is 11.3 Å². The summed E-state index contributed by atoms with van der Waals surface area (Å²) in [5.41, 5.74) is 1.19. The lowest BCUT2D eigenvalue weighted by atomic mass is 10.2. The SMILES string of the molecule is Cc1ccsc1/C=C1/SC(=S)N(C[C@H]2CCCO2)C1=O. The van der Waals surface area contributed by atoms with Crippen molar-refractivity contribution in [2.45, 2.75) is 25.9 Å². The summed E-state index contributed by atoms with van der Waals surface area (Å²) in [5.74, 6) is 0.0169. The van der Waals surface area contributed by atoms with Crippen LogP contribution in [0.4, 0.5) is 0 Å². The van der Waals surface area contributed by atoms with E-state index < -0.39 is 0 Å². The number of rotatable bonds is 3. The molecule has 20 heavy (non-hydrogen) atoms. The first-order valence-electron chi connectivity index (χ1n) is 6.56. The van der Waals surface area contributed by atoms with Crippen molar-refractivity contribution in [2.75, 3.05) is 13.2 Å². The molecular formula is C14H15NO2S3. The zero-order valence-electron chi connectivity index (χ0n) is 11.1. The summed E-state index contributed by atoms with van der Waals surface area (Å²) in [4.78, 5) is 16.0. The van der Waals surface area contributed by atoms with Gasteiger partial charge in [0, 0.05) is 11.5 Å². The summed E-state index contributed by atoms with van der Waals surface area (Å²) in [6.07, 6.45) is 4.18. The average Bonchev–Trinajstić information content (AvgIpc) is 3.11. The molecule has 1 aromatic rings. The molecule has 0 spiro atoms. The molecule has 3 rings (SSSR count). The molecule has 0 saturated carbocycles. The van der Waals surface area contributed by atoms with E-state index in [0.29, 0.717) is 10.9 Å². The minimum atomic E-state index is 0.0169. The number of hydrogen-bond donors (Lipinski definition) is 0. The van der Waals surface area contributed by atoms with E-state index >= 15 is 0 Å². The van der Waals surface area contributed by atoms with Crippen LogP contribution in [0.5, 0.6) is 0 Å². The minimum absolute atomic E-state index is 0.0169. The van der Waals surface area contributed by atoms with Gasteiger partial charge in [0.05, 0.1) is 17.6 Å². The van der Waals surface area contributed by atoms with E-state index in [9.17, 15) is 4.79 Å². The number of thiocarbonyl (C=S) groups is 1. The first kappa shape index (κ1) is 14.3. The normalized spacial score (nSPS) is 25.1. The van der Waals surface area contributed by atoms with E-state index in [4.69, 9.17) is 17.0 Å². The first-order valence-corrected chi connectivity index (χ1v) is 8.66. The van der Waals surface area contributed by atoms with Crippen molar-refractivity contribution in [1.82, 2.24) is 4.90 Å². The molecule has 2 aliphatic rings. The molecule has 2 fully saturated rings. The Hall–Kier alpha value is -0.690. The molecule has 0 unspecified atom stereocenters. The Morgan fingerprint density at radius 3 is 3.10 bits per heavy atom. The van der Waals surface area contributed by atoms with Gasteiger partial charge in [-0.25, -0.2) is 0 Å². The summed E-state index contributed by atoms with van der Waals surface area (Å²) in [6.45, 7) is 3.44. The van der Waals surface area contributed by atoms with Gasteiger partial charge in [-0.05, 0) is 42.9 Å². The van der Waals surface area contributed by atoms with Crippen LogP contribution in [-0.2, 0) is 9.53 Å². The monoisotopic (exact) mass is 325 g/mol. The second-order valence-corrected chi connectivity index (χ2v) is 7.52. The van der Waals surface area contributed by atoms with Crippen molar-refractivity contribution in [3.05, 3.63) is 26.8 Å². The number of nitrogens with zero attached hydrogens (tertiary/aromatic N) is 1. The highest BCUT2D eigenvalue weighted by Gasteiger charge is 2.34. The Balaban J connectivity index is 1.76. The first-order chi connectivity index (χ1) is 9.65. The van der Waals surface area contributed by atoms with Crippen LogP contribution in [0.2, 0.25) is 0 Å². The van der Waals surface area contributed by atoms with Crippen LogP contribution in [0.1, 0.15) is 23.3 Å². The molecule has 0 radical (unpaired) electrons. The fourth-order valence-electron chi connectivity index (χ4n) is 2.30. The van der Waals surface area contributed by atoms with E-state index in [2.05, 4.69) is 13.0 Å². The smallest absolute Gasteiger partial charge is 0.266 e. The fraction of sp³-hybridized carbons (Fsp3) is 0.429. The Bertz CT molecular complexity index is 573. The summed E-state index contributed by atoms with van der Waals surface area (Å²) >= 11 is 8.37. The number of aryl methyl sites for hydroxylation is 1. The highest BCUT2D eigenvalue weighted by molar-refractivity contribution is 8.26. The quantitative estimate of drug-likeness (QED) is 0.629. The van der Waals surface area contributed by atoms with E-state index in [-0.39, 0.29) is 12.0 Å². The third kappa shape index (κ3) is 2.83. The molecule has 3 heterocycles. The third-order valence-electron chi connectivity index (χ3n) is 3.45. The zero-order chi connectivity index (χ0) is 14.1. The second-order valence-electron chi connectivity index (χ2n) is 4.90. The van der Waals surface area contributed by atoms with E-state index in [1.165, 1.54) is 17.3 Å². The lowest BCUT2D eigenvalue weighted by molar-refractivity contribution is -0.123. The molecule has 0 aromatic carbocycles. The van der Waals surface area contributed by atoms with Crippen molar-refractivity contribution in [2.24, 2.45) is 0 Å². The lowest BCUT2D eigenvalue weighted by Crippen LogP contribution is -2.35. The fourth-order valence-corrected chi connectivity index (χ4v) is 4.49. The molecule has 2 saturated heterocycles. The predicted octanol–water partition coefficient (Wildman–Crippen LogP) is 3.44. The Kier molecular flexibility index (Phi) is 4.26. The number of thioether (sulfide) groups is 1. The maximum absolute atomic E-state index is 12.4. The Labute approximate surface area is 132 Å². The molecule has 3 nitrogen and oxygen atoms in total. The number of thiophene rings is 1. The van der Waals surface area contributed by atoms with Gasteiger partial charge in [-0.3, -0.25) is 9.69 Å². The molecular weight excluding hydrogens is 310 g/mol. The number of carbonyl (C=O) groups is 1. The topological polar surface area (TPSA) is 29.5 Å². The average molecular weight is 325 g/mol. The van der Waals surface area contributed by atoms with Crippen LogP contribution in [-0.4, -0.2) is 34.4 Å². The largest absolute Gasteiger partial charge is 0.376 e. The van der Waals surface area contributed by atoms with Gasteiger partial charge >= 0.3 is 0 Å². The predicted molar refractivity (Wildman–Crippen MR) is 87.9 cm³/mol. The van der Waals surface area contributed by atoms with E-state index in [0.717, 1.165) is 29.2 Å². The molecule has 1 atom stereocenters. The van der Waals surface area contributed by atoms with Crippen molar-refractivity contribution in [1.29, 1.82) is 0 Å². The van der Waals surface area contributed by atoms with Crippen LogP contribution in [0, 0.1) is 6.92 Å². The van der Waals surface area contributed by atoms with Crippen LogP contribution in [0.15, 0.2) is 16.4 Å². The number of amides is 1. The van der Waals surface area contributed by atoms with Gasteiger partial charge in [-0.2, -0.15) is 0 Å². The summed E-state index contributed by atoms with van der Waals surface area (Å²) < 4.78 is 6.24. The summed E-state index contributed by atoms with van der Waals surface area (Å²) in [6, 6.07) is 2.06. The van der Waals surface area contributed by atoms with Crippen molar-refractivity contribution in [3.63, 3.8) is 0 Å². The molecule has 1 aromatic heterocycles. The van der Waals surface area contributed by atoms with Gasteiger partial charge in [-0.1, -0.05) is 24.0 Å². The highest BCUT2D eigenvalue weighted by Crippen LogP contribution is 2.34. The van der Waals surface area contributed by atoms with Crippen LogP contribution in [0.25, 0.3) is 6.08 Å². The van der Waals surface area contributed by atoms with Crippen LogP contribution in [0.3, 0.4) is 0 Å². The Morgan fingerprint density at radius 1 is 1.60 bits per heavy atom. The van der Waals surface area contributed by atoms with E-state index in [1.807, 2.05) is 11.5 Å². The molecule has 0 bridgehead atoms. The van der Waals surface area contributed by atoms with Gasteiger partial charge in [0.2, 0.25) is 0 Å².